The number of unbranched alkanes of at least 4 members (excludes halogenated alkanes) is 4. The van der Waals surface area contributed by atoms with Crippen LogP contribution in [0, 0.1) is 13.0 Å². The molecule has 0 spiro atoms. The Balaban J connectivity index is 0. The smallest absolute Gasteiger partial charge is 1.00 e. The van der Waals surface area contributed by atoms with E-state index in [2.05, 4.69) is 76.2 Å². The maximum atomic E-state index is 3.85. The molecule has 1 nitrogen and oxygen atoms in total. The molecule has 0 fully saturated rings. The Morgan fingerprint density at radius 1 is 0.931 bits per heavy atom. The first kappa shape index (κ1) is 28.7. The van der Waals surface area contributed by atoms with Gasteiger partial charge >= 0.3 is 18.9 Å². The van der Waals surface area contributed by atoms with E-state index >= 15 is 0 Å². The Bertz CT molecular complexity index is 718. The number of rotatable bonds is 11. The van der Waals surface area contributed by atoms with Crippen LogP contribution in [-0.4, -0.2) is 19.0 Å². The molecular formula is C26H39LiMoN-. The van der Waals surface area contributed by atoms with Crippen molar-refractivity contribution in [2.24, 2.45) is 0 Å². The molecule has 2 aromatic rings. The Morgan fingerprint density at radius 2 is 1.55 bits per heavy atom. The van der Waals surface area contributed by atoms with Crippen LogP contribution in [-0.2, 0) is 40.5 Å². The number of benzene rings is 2. The van der Waals surface area contributed by atoms with Crippen molar-refractivity contribution in [3.8, 4) is 11.1 Å². The van der Waals surface area contributed by atoms with Gasteiger partial charge in [-0.2, -0.15) is 0 Å². The van der Waals surface area contributed by atoms with Crippen LogP contribution in [0.4, 0.5) is 0 Å². The average Bonchev–Trinajstić information content (AvgIpc) is 2.63. The van der Waals surface area contributed by atoms with Crippen molar-refractivity contribution in [2.45, 2.75) is 78.7 Å². The maximum absolute atomic E-state index is 3.85. The summed E-state index contributed by atoms with van der Waals surface area (Å²) < 4.78 is 0. The predicted molar refractivity (Wildman–Crippen MR) is 120 cm³/mol. The van der Waals surface area contributed by atoms with Crippen molar-refractivity contribution >= 4 is 0 Å². The quantitative estimate of drug-likeness (QED) is 0.273. The van der Waals surface area contributed by atoms with E-state index < -0.39 is 0 Å². The predicted octanol–water partition coefficient (Wildman–Crippen LogP) is 4.10. The van der Waals surface area contributed by atoms with Crippen LogP contribution >= 0.6 is 0 Å². The van der Waals surface area contributed by atoms with Gasteiger partial charge < -0.3 is 6.33 Å². The molecular weight excluding hydrogens is 429 g/mol. The van der Waals surface area contributed by atoms with Crippen molar-refractivity contribution in [3.05, 3.63) is 58.7 Å². The number of nitrogens with zero attached hydrogens (tertiary/aromatic N) is 1. The Morgan fingerprint density at radius 3 is 2.17 bits per heavy atom. The zero-order valence-electron chi connectivity index (χ0n) is 20.6. The molecule has 0 radical (unpaired) electrons. The van der Waals surface area contributed by atoms with Crippen molar-refractivity contribution in [3.63, 3.8) is 0 Å². The summed E-state index contributed by atoms with van der Waals surface area (Å²) >= 11 is 0. The maximum Gasteiger partial charge on any atom is 1.00 e. The molecule has 0 aliphatic rings. The number of hydrogen-bond acceptors (Lipinski definition) is 1. The minimum absolute atomic E-state index is 0. The number of hydrogen-bond donors (Lipinski definition) is 0. The van der Waals surface area contributed by atoms with E-state index in [1.807, 2.05) is 0 Å². The van der Waals surface area contributed by atoms with E-state index in [1.165, 1.54) is 71.9 Å². The third kappa shape index (κ3) is 9.15. The fourth-order valence-corrected chi connectivity index (χ4v) is 3.86. The summed E-state index contributed by atoms with van der Waals surface area (Å²) in [5.41, 5.74) is 8.48. The second kappa shape index (κ2) is 15.5. The zero-order valence-corrected chi connectivity index (χ0v) is 21.6. The van der Waals surface area contributed by atoms with E-state index in [0.29, 0.717) is 0 Å². The Hall–Kier alpha value is -0.314. The largest absolute Gasteiger partial charge is 1.00 e. The normalized spacial score (nSPS) is 10.6. The van der Waals surface area contributed by atoms with Gasteiger partial charge in [0, 0.05) is 27.6 Å². The van der Waals surface area contributed by atoms with E-state index in [0.717, 1.165) is 19.4 Å². The van der Waals surface area contributed by atoms with Crippen LogP contribution in [0.2, 0.25) is 0 Å². The van der Waals surface area contributed by atoms with Gasteiger partial charge in [-0.3, -0.25) is 0 Å². The molecule has 29 heavy (non-hydrogen) atoms. The molecule has 0 heterocycles. The van der Waals surface area contributed by atoms with Crippen LogP contribution in [0.1, 0.15) is 76.1 Å². The van der Waals surface area contributed by atoms with Crippen LogP contribution in [0.3, 0.4) is 0 Å². The molecule has 0 unspecified atom stereocenters. The zero-order chi connectivity index (χ0) is 19.6. The fraction of sp³-hybridized carbons (Fsp3) is 0.538. The van der Waals surface area contributed by atoms with Gasteiger partial charge in [-0.15, -0.1) is 34.4 Å². The van der Waals surface area contributed by atoms with E-state index in [-0.39, 0.29) is 41.4 Å². The molecule has 2 aromatic carbocycles. The van der Waals surface area contributed by atoms with Gasteiger partial charge in [0.25, 0.3) is 0 Å². The molecule has 0 saturated heterocycles. The summed E-state index contributed by atoms with van der Waals surface area (Å²) in [6.07, 6.45) is 9.98. The molecule has 0 amide bonds. The SMILES string of the molecule is CCCCCc1[c-]c(-c2ccccc2CN(C)C)c(CCCCC)c(C)c1.[H-].[Li+].[Mo]. The average molecular weight is 468 g/mol. The summed E-state index contributed by atoms with van der Waals surface area (Å²) in [5.74, 6) is 0. The first-order chi connectivity index (χ1) is 13.1. The van der Waals surface area contributed by atoms with Crippen LogP contribution in [0.15, 0.2) is 30.3 Å². The molecule has 0 bridgehead atoms. The standard InChI is InChI=1S/C26H38N.Li.Mo.H/c1-6-8-10-14-22-18-21(3)24(16-11-9-7-2)26(19-22)25-17-13-12-15-23(25)20-27(4)5;;;/h12-13,15,17-18H,6-11,14,16,20H2,1-5H3;;;/q-1;+1;;-1. The topological polar surface area (TPSA) is 3.24 Å². The monoisotopic (exact) mass is 470 g/mol. The molecule has 2 rings (SSSR count). The van der Waals surface area contributed by atoms with Crippen LogP contribution in [0.25, 0.3) is 11.1 Å². The second-order valence-electron chi connectivity index (χ2n) is 8.14. The van der Waals surface area contributed by atoms with Gasteiger partial charge in [-0.05, 0) is 20.5 Å². The van der Waals surface area contributed by atoms with Crippen LogP contribution < -0.4 is 18.9 Å². The summed E-state index contributed by atoms with van der Waals surface area (Å²) in [6.45, 7) is 7.83. The summed E-state index contributed by atoms with van der Waals surface area (Å²) in [4.78, 5) is 2.26. The molecule has 0 saturated carbocycles. The Labute approximate surface area is 208 Å². The molecule has 0 aliphatic heterocycles. The molecule has 3 heteroatoms. The van der Waals surface area contributed by atoms with Gasteiger partial charge in [0.05, 0.1) is 0 Å². The fourth-order valence-electron chi connectivity index (χ4n) is 3.86. The van der Waals surface area contributed by atoms with E-state index in [9.17, 15) is 0 Å². The minimum Gasteiger partial charge on any atom is -1.00 e. The summed E-state index contributed by atoms with van der Waals surface area (Å²) in [7, 11) is 4.30. The second-order valence-corrected chi connectivity index (χ2v) is 8.14. The van der Waals surface area contributed by atoms with Gasteiger partial charge in [0.15, 0.2) is 0 Å². The van der Waals surface area contributed by atoms with Crippen molar-refractivity contribution in [1.82, 2.24) is 4.90 Å². The Kier molecular flexibility index (Phi) is 15.3. The minimum atomic E-state index is 0. The first-order valence-corrected chi connectivity index (χ1v) is 10.8. The van der Waals surface area contributed by atoms with Crippen molar-refractivity contribution < 1.29 is 41.4 Å². The van der Waals surface area contributed by atoms with Crippen molar-refractivity contribution in [1.29, 1.82) is 0 Å². The molecule has 0 N–H and O–H groups in total. The van der Waals surface area contributed by atoms with E-state index in [1.54, 1.807) is 0 Å². The van der Waals surface area contributed by atoms with Gasteiger partial charge in [-0.25, -0.2) is 0 Å². The number of aryl methyl sites for hydroxylation is 2. The van der Waals surface area contributed by atoms with Gasteiger partial charge in [0.1, 0.15) is 0 Å². The molecule has 0 atom stereocenters. The van der Waals surface area contributed by atoms with Gasteiger partial charge in [-0.1, -0.05) is 101 Å². The third-order valence-corrected chi connectivity index (χ3v) is 5.31. The van der Waals surface area contributed by atoms with Crippen molar-refractivity contribution in [2.75, 3.05) is 14.1 Å². The third-order valence-electron chi connectivity index (χ3n) is 5.31. The molecule has 0 aromatic heterocycles. The molecule has 0 aliphatic carbocycles. The summed E-state index contributed by atoms with van der Waals surface area (Å²) in [5, 5.41) is 0. The molecule has 156 valence electrons. The summed E-state index contributed by atoms with van der Waals surface area (Å²) in [6, 6.07) is 15.2. The van der Waals surface area contributed by atoms with Gasteiger partial charge in [0.2, 0.25) is 0 Å². The van der Waals surface area contributed by atoms with Crippen LogP contribution in [0.5, 0.6) is 0 Å². The van der Waals surface area contributed by atoms with E-state index in [4.69, 9.17) is 0 Å². The first-order valence-electron chi connectivity index (χ1n) is 10.8.